The molecule has 1 aliphatic heterocycles. The fourth-order valence-electron chi connectivity index (χ4n) is 3.57. The first-order valence-corrected chi connectivity index (χ1v) is 11.2. The lowest BCUT2D eigenvalue weighted by Crippen LogP contribution is -2.27. The monoisotopic (exact) mass is 463 g/mol. The van der Waals surface area contributed by atoms with E-state index in [1.54, 1.807) is 43.2 Å². The summed E-state index contributed by atoms with van der Waals surface area (Å²) in [6.07, 6.45) is 0. The van der Waals surface area contributed by atoms with Gasteiger partial charge in [0.05, 0.1) is 17.8 Å². The quantitative estimate of drug-likeness (QED) is 0.410. The summed E-state index contributed by atoms with van der Waals surface area (Å²) in [6.45, 7) is 1.62. The first-order valence-electron chi connectivity index (χ1n) is 10.1. The van der Waals surface area contributed by atoms with Crippen LogP contribution in [0.1, 0.15) is 26.9 Å². The number of amides is 2. The predicted molar refractivity (Wildman–Crippen MR) is 128 cm³/mol. The van der Waals surface area contributed by atoms with Gasteiger partial charge in [-0.05, 0) is 55.0 Å². The maximum atomic E-state index is 12.6. The van der Waals surface area contributed by atoms with E-state index in [9.17, 15) is 19.7 Å². The lowest BCUT2D eigenvalue weighted by atomic mass is 10.1. The van der Waals surface area contributed by atoms with Gasteiger partial charge in [0, 0.05) is 28.6 Å². The second kappa shape index (κ2) is 9.33. The Kier molecular flexibility index (Phi) is 6.32. The van der Waals surface area contributed by atoms with Crippen LogP contribution in [0.15, 0.2) is 66.7 Å². The molecule has 0 bridgehead atoms. The van der Waals surface area contributed by atoms with Gasteiger partial charge in [0.15, 0.2) is 0 Å². The molecule has 3 aromatic carbocycles. The highest BCUT2D eigenvalue weighted by Crippen LogP contribution is 2.42. The van der Waals surface area contributed by atoms with Crippen LogP contribution in [-0.2, 0) is 4.79 Å². The zero-order chi connectivity index (χ0) is 23.5. The Morgan fingerprint density at radius 2 is 1.82 bits per heavy atom. The smallest absolute Gasteiger partial charge is 0.273 e. The number of hydrogen-bond donors (Lipinski definition) is 1. The first-order chi connectivity index (χ1) is 15.9. The first kappa shape index (κ1) is 22.3. The maximum absolute atomic E-state index is 12.6. The second-order valence-corrected chi connectivity index (χ2v) is 8.53. The van der Waals surface area contributed by atoms with Gasteiger partial charge in [0.25, 0.3) is 11.6 Å². The molecule has 0 radical (unpaired) electrons. The summed E-state index contributed by atoms with van der Waals surface area (Å²) in [6, 6.07) is 18.9. The van der Waals surface area contributed by atoms with E-state index in [1.807, 2.05) is 36.4 Å². The summed E-state index contributed by atoms with van der Waals surface area (Å²) < 4.78 is 5.19. The second-order valence-electron chi connectivity index (χ2n) is 7.46. The van der Waals surface area contributed by atoms with Crippen LogP contribution < -0.4 is 15.0 Å². The lowest BCUT2D eigenvalue weighted by Gasteiger charge is -2.24. The van der Waals surface area contributed by atoms with Crippen LogP contribution in [-0.4, -0.2) is 29.6 Å². The third-order valence-corrected chi connectivity index (χ3v) is 6.55. The molecule has 1 aliphatic rings. The van der Waals surface area contributed by atoms with E-state index in [1.165, 1.54) is 17.8 Å². The van der Waals surface area contributed by atoms with Crippen molar-refractivity contribution in [2.24, 2.45) is 0 Å². The molecule has 0 aromatic heterocycles. The van der Waals surface area contributed by atoms with Gasteiger partial charge in [-0.25, -0.2) is 0 Å². The van der Waals surface area contributed by atoms with Crippen LogP contribution in [0.25, 0.3) is 0 Å². The largest absolute Gasteiger partial charge is 0.497 e. The third kappa shape index (κ3) is 4.68. The van der Waals surface area contributed by atoms with E-state index in [0.717, 1.165) is 11.3 Å². The van der Waals surface area contributed by atoms with Crippen LogP contribution in [0.4, 0.5) is 17.1 Å². The van der Waals surface area contributed by atoms with Crippen molar-refractivity contribution >= 4 is 40.6 Å². The molecule has 1 saturated heterocycles. The number of nitrogens with zero attached hydrogens (tertiary/aromatic N) is 2. The molecule has 2 amide bonds. The third-order valence-electron chi connectivity index (χ3n) is 5.34. The molecule has 1 unspecified atom stereocenters. The minimum absolute atomic E-state index is 0.0218. The average Bonchev–Trinajstić information content (AvgIpc) is 3.21. The number of thioether (sulfide) groups is 1. The molecule has 168 valence electrons. The fourth-order valence-corrected chi connectivity index (χ4v) is 4.75. The molecule has 1 fully saturated rings. The topological polar surface area (TPSA) is 102 Å². The van der Waals surface area contributed by atoms with Crippen molar-refractivity contribution in [3.05, 3.63) is 93.5 Å². The van der Waals surface area contributed by atoms with E-state index < -0.39 is 10.8 Å². The van der Waals surface area contributed by atoms with Crippen LogP contribution in [0.5, 0.6) is 5.75 Å². The summed E-state index contributed by atoms with van der Waals surface area (Å²) in [5.74, 6) is 0.680. The highest BCUT2D eigenvalue weighted by Gasteiger charge is 2.34. The van der Waals surface area contributed by atoms with Crippen molar-refractivity contribution in [3.8, 4) is 5.75 Å². The molecular formula is C24H21N3O5S. The zero-order valence-electron chi connectivity index (χ0n) is 18.0. The van der Waals surface area contributed by atoms with E-state index >= 15 is 0 Å². The predicted octanol–water partition coefficient (Wildman–Crippen LogP) is 4.94. The van der Waals surface area contributed by atoms with Crippen molar-refractivity contribution in [1.29, 1.82) is 0 Å². The number of carbonyl (C=O) groups excluding carboxylic acids is 2. The van der Waals surface area contributed by atoms with Crippen LogP contribution in [0.3, 0.4) is 0 Å². The average molecular weight is 464 g/mol. The molecule has 1 N–H and O–H groups in total. The van der Waals surface area contributed by atoms with Gasteiger partial charge < -0.3 is 10.1 Å². The minimum Gasteiger partial charge on any atom is -0.497 e. The molecule has 1 atom stereocenters. The highest BCUT2D eigenvalue weighted by atomic mass is 32.2. The minimum atomic E-state index is -0.504. The van der Waals surface area contributed by atoms with Gasteiger partial charge in [-0.15, -0.1) is 11.8 Å². The van der Waals surface area contributed by atoms with Gasteiger partial charge >= 0.3 is 0 Å². The summed E-state index contributed by atoms with van der Waals surface area (Å²) in [5.41, 5.74) is 2.86. The number of carbonyl (C=O) groups is 2. The fraction of sp³-hybridized carbons (Fsp3) is 0.167. The number of hydrogen-bond acceptors (Lipinski definition) is 6. The Labute approximate surface area is 194 Å². The number of aryl methyl sites for hydroxylation is 1. The molecule has 33 heavy (non-hydrogen) atoms. The number of nitrogens with one attached hydrogen (secondary N) is 1. The van der Waals surface area contributed by atoms with Gasteiger partial charge in [-0.3, -0.25) is 24.6 Å². The molecule has 4 rings (SSSR count). The maximum Gasteiger partial charge on any atom is 0.273 e. The number of methoxy groups -OCH3 is 1. The van der Waals surface area contributed by atoms with Crippen molar-refractivity contribution in [1.82, 2.24) is 0 Å². The number of rotatable bonds is 6. The molecule has 0 spiro atoms. The summed E-state index contributed by atoms with van der Waals surface area (Å²) >= 11 is 1.53. The van der Waals surface area contributed by atoms with E-state index in [4.69, 9.17) is 4.74 Å². The number of nitro groups is 1. The zero-order valence-corrected chi connectivity index (χ0v) is 18.8. The molecule has 0 saturated carbocycles. The van der Waals surface area contributed by atoms with Crippen molar-refractivity contribution in [2.75, 3.05) is 23.1 Å². The van der Waals surface area contributed by atoms with Crippen molar-refractivity contribution < 1.29 is 19.2 Å². The van der Waals surface area contributed by atoms with Gasteiger partial charge in [0.1, 0.15) is 11.1 Å². The molecule has 3 aromatic rings. The summed E-state index contributed by atoms with van der Waals surface area (Å²) in [5, 5.41) is 13.7. The number of benzene rings is 3. The highest BCUT2D eigenvalue weighted by molar-refractivity contribution is 8.00. The van der Waals surface area contributed by atoms with Crippen LogP contribution in [0, 0.1) is 17.0 Å². The Bertz CT molecular complexity index is 1210. The standard InChI is InChI=1S/C24H21N3O5S/c1-15-3-4-17(13-21(15)27(30)31)23(29)25-18-7-5-16(6-8-18)24-26(22(28)14-33-24)19-9-11-20(32-2)12-10-19/h3-13,24H,14H2,1-2H3,(H,25,29). The van der Waals surface area contributed by atoms with E-state index in [-0.39, 0.29) is 22.5 Å². The molecule has 9 heteroatoms. The summed E-state index contributed by atoms with van der Waals surface area (Å²) in [4.78, 5) is 37.5. The van der Waals surface area contributed by atoms with Crippen LogP contribution in [0.2, 0.25) is 0 Å². The lowest BCUT2D eigenvalue weighted by molar-refractivity contribution is -0.385. The molecular weight excluding hydrogens is 442 g/mol. The van der Waals surface area contributed by atoms with Crippen LogP contribution >= 0.6 is 11.8 Å². The Hall–Kier alpha value is -3.85. The van der Waals surface area contributed by atoms with Crippen molar-refractivity contribution in [2.45, 2.75) is 12.3 Å². The molecule has 1 heterocycles. The summed E-state index contributed by atoms with van der Waals surface area (Å²) in [7, 11) is 1.59. The molecule has 8 nitrogen and oxygen atoms in total. The number of anilines is 2. The Balaban J connectivity index is 1.50. The van der Waals surface area contributed by atoms with Gasteiger partial charge in [-0.1, -0.05) is 18.2 Å². The van der Waals surface area contributed by atoms with E-state index in [0.29, 0.717) is 22.8 Å². The normalized spacial score (nSPS) is 15.4. The number of nitro benzene ring substituents is 1. The van der Waals surface area contributed by atoms with Crippen molar-refractivity contribution in [3.63, 3.8) is 0 Å². The Morgan fingerprint density at radius 1 is 1.12 bits per heavy atom. The Morgan fingerprint density at radius 3 is 2.45 bits per heavy atom. The van der Waals surface area contributed by atoms with Gasteiger partial charge in [-0.2, -0.15) is 0 Å². The number of ether oxygens (including phenoxy) is 1. The SMILES string of the molecule is COc1ccc(N2C(=O)CSC2c2ccc(NC(=O)c3ccc(C)c([N+](=O)[O-])c3)cc2)cc1. The molecule has 0 aliphatic carbocycles. The van der Waals surface area contributed by atoms with E-state index in [2.05, 4.69) is 5.32 Å². The van der Waals surface area contributed by atoms with Gasteiger partial charge in [0.2, 0.25) is 5.91 Å².